The molecule has 4 nitrogen and oxygen atoms in total. The van der Waals surface area contributed by atoms with Gasteiger partial charge in [0, 0.05) is 18.2 Å². The summed E-state index contributed by atoms with van der Waals surface area (Å²) in [4.78, 5) is 13.3. The van der Waals surface area contributed by atoms with Crippen molar-refractivity contribution in [1.82, 2.24) is 0 Å². The SMILES string of the molecule is CC1CCCN1c1ccc(C(N)=O)cc1N. The van der Waals surface area contributed by atoms with Gasteiger partial charge in [-0.1, -0.05) is 0 Å². The zero-order valence-electron chi connectivity index (χ0n) is 9.44. The molecule has 0 aliphatic carbocycles. The molecule has 4 heteroatoms. The Bertz CT molecular complexity index is 417. The van der Waals surface area contributed by atoms with Crippen LogP contribution in [0, 0.1) is 0 Å². The zero-order chi connectivity index (χ0) is 11.7. The van der Waals surface area contributed by atoms with Crippen molar-refractivity contribution >= 4 is 17.3 Å². The molecule has 16 heavy (non-hydrogen) atoms. The molecule has 1 atom stereocenters. The number of nitrogens with zero attached hydrogens (tertiary/aromatic N) is 1. The molecule has 1 aliphatic rings. The molecule has 0 radical (unpaired) electrons. The monoisotopic (exact) mass is 219 g/mol. The minimum absolute atomic E-state index is 0.437. The number of carbonyl (C=O) groups excluding carboxylic acids is 1. The Morgan fingerprint density at radius 2 is 2.25 bits per heavy atom. The molecule has 0 aromatic heterocycles. The number of rotatable bonds is 2. The Balaban J connectivity index is 2.32. The number of carbonyl (C=O) groups is 1. The number of nitrogens with two attached hydrogens (primary N) is 2. The van der Waals surface area contributed by atoms with Crippen LogP contribution in [0.1, 0.15) is 30.1 Å². The van der Waals surface area contributed by atoms with Gasteiger partial charge in [-0.3, -0.25) is 4.79 Å². The highest BCUT2D eigenvalue weighted by Crippen LogP contribution is 2.30. The fraction of sp³-hybridized carbons (Fsp3) is 0.417. The Morgan fingerprint density at radius 1 is 1.50 bits per heavy atom. The van der Waals surface area contributed by atoms with Crippen LogP contribution in [0.4, 0.5) is 11.4 Å². The van der Waals surface area contributed by atoms with E-state index < -0.39 is 5.91 Å². The van der Waals surface area contributed by atoms with E-state index in [1.54, 1.807) is 12.1 Å². The minimum atomic E-state index is -0.437. The maximum atomic E-state index is 11.0. The molecule has 2 rings (SSSR count). The molecule has 1 aromatic carbocycles. The van der Waals surface area contributed by atoms with Crippen LogP contribution < -0.4 is 16.4 Å². The van der Waals surface area contributed by atoms with Gasteiger partial charge in [0.2, 0.25) is 5.91 Å². The van der Waals surface area contributed by atoms with Gasteiger partial charge in [0.1, 0.15) is 0 Å². The molecule has 1 amide bonds. The second-order valence-corrected chi connectivity index (χ2v) is 4.32. The Hall–Kier alpha value is -1.71. The first-order chi connectivity index (χ1) is 7.59. The lowest BCUT2D eigenvalue weighted by Crippen LogP contribution is -2.27. The van der Waals surface area contributed by atoms with Crippen LogP contribution in [0.3, 0.4) is 0 Å². The number of hydrogen-bond donors (Lipinski definition) is 2. The van der Waals surface area contributed by atoms with E-state index in [-0.39, 0.29) is 0 Å². The van der Waals surface area contributed by atoms with E-state index in [1.807, 2.05) is 6.07 Å². The molecule has 86 valence electrons. The fourth-order valence-electron chi connectivity index (χ4n) is 2.26. The van der Waals surface area contributed by atoms with E-state index in [0.29, 0.717) is 17.3 Å². The summed E-state index contributed by atoms with van der Waals surface area (Å²) in [6, 6.07) is 5.79. The van der Waals surface area contributed by atoms with Gasteiger partial charge >= 0.3 is 0 Å². The smallest absolute Gasteiger partial charge is 0.248 e. The molecule has 0 spiro atoms. The van der Waals surface area contributed by atoms with Crippen molar-refractivity contribution in [2.75, 3.05) is 17.2 Å². The second-order valence-electron chi connectivity index (χ2n) is 4.32. The third-order valence-electron chi connectivity index (χ3n) is 3.17. The first-order valence-corrected chi connectivity index (χ1v) is 5.55. The average Bonchev–Trinajstić information content (AvgIpc) is 2.64. The van der Waals surface area contributed by atoms with Crippen LogP contribution in [-0.4, -0.2) is 18.5 Å². The molecular weight excluding hydrogens is 202 g/mol. The number of primary amides is 1. The summed E-state index contributed by atoms with van der Waals surface area (Å²) in [7, 11) is 0. The second kappa shape index (κ2) is 4.04. The molecule has 1 unspecified atom stereocenters. The van der Waals surface area contributed by atoms with Gasteiger partial charge in [0.25, 0.3) is 0 Å². The van der Waals surface area contributed by atoms with Crippen molar-refractivity contribution in [3.05, 3.63) is 23.8 Å². The van der Waals surface area contributed by atoms with E-state index in [2.05, 4.69) is 11.8 Å². The summed E-state index contributed by atoms with van der Waals surface area (Å²) >= 11 is 0. The van der Waals surface area contributed by atoms with Crippen molar-refractivity contribution in [1.29, 1.82) is 0 Å². The maximum Gasteiger partial charge on any atom is 0.248 e. The number of anilines is 2. The highest BCUT2D eigenvalue weighted by atomic mass is 16.1. The van der Waals surface area contributed by atoms with Gasteiger partial charge in [-0.25, -0.2) is 0 Å². The third kappa shape index (κ3) is 1.83. The van der Waals surface area contributed by atoms with Gasteiger partial charge < -0.3 is 16.4 Å². The lowest BCUT2D eigenvalue weighted by molar-refractivity contribution is 0.100. The van der Waals surface area contributed by atoms with Crippen LogP contribution in [0.25, 0.3) is 0 Å². The van der Waals surface area contributed by atoms with Gasteiger partial charge in [-0.15, -0.1) is 0 Å². The topological polar surface area (TPSA) is 72.3 Å². The van der Waals surface area contributed by atoms with E-state index in [1.165, 1.54) is 12.8 Å². The molecule has 1 aromatic rings. The number of nitrogen functional groups attached to an aromatic ring is 1. The molecule has 0 bridgehead atoms. The Kier molecular flexibility index (Phi) is 2.73. The van der Waals surface area contributed by atoms with Crippen LogP contribution >= 0.6 is 0 Å². The highest BCUT2D eigenvalue weighted by Gasteiger charge is 2.22. The number of hydrogen-bond acceptors (Lipinski definition) is 3. The molecular formula is C12H17N3O. The van der Waals surface area contributed by atoms with E-state index in [0.717, 1.165) is 12.2 Å². The first kappa shape index (κ1) is 10.8. The van der Waals surface area contributed by atoms with Gasteiger partial charge in [0.15, 0.2) is 0 Å². The maximum absolute atomic E-state index is 11.0. The number of benzene rings is 1. The molecule has 1 heterocycles. The van der Waals surface area contributed by atoms with E-state index in [4.69, 9.17) is 11.5 Å². The standard InChI is InChI=1S/C12H17N3O/c1-8-3-2-6-15(8)11-5-4-9(12(14)16)7-10(11)13/h4-5,7-8H,2-3,6,13H2,1H3,(H2,14,16). The summed E-state index contributed by atoms with van der Waals surface area (Å²) in [5, 5.41) is 0. The van der Waals surface area contributed by atoms with Crippen molar-refractivity contribution in [3.63, 3.8) is 0 Å². The minimum Gasteiger partial charge on any atom is -0.397 e. The van der Waals surface area contributed by atoms with Crippen molar-refractivity contribution in [2.24, 2.45) is 5.73 Å². The Labute approximate surface area is 95.2 Å². The third-order valence-corrected chi connectivity index (χ3v) is 3.17. The van der Waals surface area contributed by atoms with Crippen LogP contribution in [-0.2, 0) is 0 Å². The summed E-state index contributed by atoms with van der Waals surface area (Å²) in [6.45, 7) is 3.22. The van der Waals surface area contributed by atoms with Crippen molar-refractivity contribution < 1.29 is 4.79 Å². The van der Waals surface area contributed by atoms with Crippen LogP contribution in [0.15, 0.2) is 18.2 Å². The molecule has 1 aliphatic heterocycles. The highest BCUT2D eigenvalue weighted by molar-refractivity contribution is 5.94. The quantitative estimate of drug-likeness (QED) is 0.737. The summed E-state index contributed by atoms with van der Waals surface area (Å²) in [6.07, 6.45) is 2.38. The van der Waals surface area contributed by atoms with Gasteiger partial charge in [0.05, 0.1) is 11.4 Å². The van der Waals surface area contributed by atoms with Gasteiger partial charge in [-0.05, 0) is 38.0 Å². The predicted octanol–water partition coefficient (Wildman–Crippen LogP) is 1.36. The van der Waals surface area contributed by atoms with Crippen LogP contribution in [0.2, 0.25) is 0 Å². The summed E-state index contributed by atoms with van der Waals surface area (Å²) in [5.74, 6) is -0.437. The van der Waals surface area contributed by atoms with E-state index in [9.17, 15) is 4.79 Å². The molecule has 0 saturated carbocycles. The summed E-state index contributed by atoms with van der Waals surface area (Å²) in [5.41, 5.74) is 13.3. The van der Waals surface area contributed by atoms with Crippen molar-refractivity contribution in [3.8, 4) is 0 Å². The van der Waals surface area contributed by atoms with Gasteiger partial charge in [-0.2, -0.15) is 0 Å². The average molecular weight is 219 g/mol. The normalized spacial score (nSPS) is 20.1. The zero-order valence-corrected chi connectivity index (χ0v) is 9.44. The lowest BCUT2D eigenvalue weighted by Gasteiger charge is -2.25. The van der Waals surface area contributed by atoms with Crippen molar-refractivity contribution in [2.45, 2.75) is 25.8 Å². The predicted molar refractivity (Wildman–Crippen MR) is 65.4 cm³/mol. The summed E-state index contributed by atoms with van der Waals surface area (Å²) < 4.78 is 0. The molecule has 1 saturated heterocycles. The van der Waals surface area contributed by atoms with Crippen LogP contribution in [0.5, 0.6) is 0 Å². The fourth-order valence-corrected chi connectivity index (χ4v) is 2.26. The number of amides is 1. The Morgan fingerprint density at radius 3 is 2.75 bits per heavy atom. The molecule has 1 fully saturated rings. The first-order valence-electron chi connectivity index (χ1n) is 5.55. The largest absolute Gasteiger partial charge is 0.397 e. The van der Waals surface area contributed by atoms with E-state index >= 15 is 0 Å². The molecule has 4 N–H and O–H groups in total. The lowest BCUT2D eigenvalue weighted by atomic mass is 10.1.